The molecule has 2 atom stereocenters. The molecule has 2 unspecified atom stereocenters. The lowest BCUT2D eigenvalue weighted by molar-refractivity contribution is 0.0690. The summed E-state index contributed by atoms with van der Waals surface area (Å²) in [6, 6.07) is 5.11. The number of ether oxygens (including phenoxy) is 1. The van der Waals surface area contributed by atoms with Crippen molar-refractivity contribution in [3.63, 3.8) is 0 Å². The van der Waals surface area contributed by atoms with E-state index in [0.717, 1.165) is 24.5 Å². The van der Waals surface area contributed by atoms with Gasteiger partial charge >= 0.3 is 5.97 Å². The zero-order chi connectivity index (χ0) is 12.3. The lowest BCUT2D eigenvalue weighted by atomic mass is 10.3. The van der Waals surface area contributed by atoms with Gasteiger partial charge in [0.2, 0.25) is 0 Å². The number of carboxylic acid groups (broad SMARTS) is 1. The normalized spacial score (nSPS) is 23.8. The van der Waals surface area contributed by atoms with Crippen molar-refractivity contribution < 1.29 is 14.6 Å². The zero-order valence-electron chi connectivity index (χ0n) is 9.63. The highest BCUT2D eigenvalue weighted by Crippen LogP contribution is 2.28. The molecular formula is C12H15NO3S. The van der Waals surface area contributed by atoms with Crippen LogP contribution in [0, 0.1) is 0 Å². The summed E-state index contributed by atoms with van der Waals surface area (Å²) in [5.74, 6) is -0.242. The van der Waals surface area contributed by atoms with Crippen LogP contribution in [0.15, 0.2) is 18.2 Å². The van der Waals surface area contributed by atoms with Gasteiger partial charge in [-0.05, 0) is 25.5 Å². The van der Waals surface area contributed by atoms with E-state index in [0.29, 0.717) is 5.25 Å². The second-order valence-corrected chi connectivity index (χ2v) is 5.26. The van der Waals surface area contributed by atoms with E-state index in [1.807, 2.05) is 6.07 Å². The number of carboxylic acids is 1. The molecule has 0 saturated carbocycles. The number of hydrogen-bond donors (Lipinski definition) is 1. The maximum atomic E-state index is 10.8. The van der Waals surface area contributed by atoms with E-state index in [-0.39, 0.29) is 11.8 Å². The van der Waals surface area contributed by atoms with E-state index < -0.39 is 5.97 Å². The van der Waals surface area contributed by atoms with Crippen molar-refractivity contribution in [1.82, 2.24) is 4.98 Å². The van der Waals surface area contributed by atoms with Crippen LogP contribution in [0.25, 0.3) is 0 Å². The molecule has 1 aromatic heterocycles. The summed E-state index contributed by atoms with van der Waals surface area (Å²) in [4.78, 5) is 14.9. The molecule has 0 aliphatic carbocycles. The summed E-state index contributed by atoms with van der Waals surface area (Å²) in [5, 5.41) is 9.33. The molecule has 1 fully saturated rings. The Morgan fingerprint density at radius 2 is 2.47 bits per heavy atom. The van der Waals surface area contributed by atoms with Crippen LogP contribution in [0.1, 0.15) is 29.5 Å². The third kappa shape index (κ3) is 3.20. The molecule has 92 valence electrons. The van der Waals surface area contributed by atoms with Gasteiger partial charge in [-0.3, -0.25) is 0 Å². The number of carbonyl (C=O) groups is 1. The molecule has 1 N–H and O–H groups in total. The Balaban J connectivity index is 1.94. The second kappa shape index (κ2) is 5.51. The first-order valence-corrected chi connectivity index (χ1v) is 6.64. The Labute approximate surface area is 104 Å². The van der Waals surface area contributed by atoms with Crippen molar-refractivity contribution in [1.29, 1.82) is 0 Å². The molecule has 1 aromatic rings. The van der Waals surface area contributed by atoms with E-state index in [1.165, 1.54) is 6.07 Å². The monoisotopic (exact) mass is 253 g/mol. The van der Waals surface area contributed by atoms with Crippen LogP contribution in [0.4, 0.5) is 0 Å². The standard InChI is InChI=1S/C12H15NO3S/c1-8-11(5-6-16-8)17-7-9-3-2-4-10(13-9)12(14)15/h2-4,8,11H,5-7H2,1H3,(H,14,15). The molecule has 0 radical (unpaired) electrons. The fraction of sp³-hybridized carbons (Fsp3) is 0.500. The predicted octanol–water partition coefficient (Wildman–Crippen LogP) is 2.19. The highest BCUT2D eigenvalue weighted by Gasteiger charge is 2.24. The molecule has 0 bridgehead atoms. The van der Waals surface area contributed by atoms with E-state index in [4.69, 9.17) is 9.84 Å². The van der Waals surface area contributed by atoms with Crippen molar-refractivity contribution in [2.24, 2.45) is 0 Å². The first kappa shape index (κ1) is 12.4. The molecule has 2 rings (SSSR count). The summed E-state index contributed by atoms with van der Waals surface area (Å²) >= 11 is 1.79. The average Bonchev–Trinajstić information content (AvgIpc) is 2.72. The average molecular weight is 253 g/mol. The highest BCUT2D eigenvalue weighted by molar-refractivity contribution is 7.99. The van der Waals surface area contributed by atoms with Crippen LogP contribution >= 0.6 is 11.8 Å². The maximum absolute atomic E-state index is 10.8. The van der Waals surface area contributed by atoms with Gasteiger partial charge in [-0.25, -0.2) is 9.78 Å². The fourth-order valence-corrected chi connectivity index (χ4v) is 2.96. The maximum Gasteiger partial charge on any atom is 0.354 e. The topological polar surface area (TPSA) is 59.4 Å². The number of aromatic nitrogens is 1. The number of thioether (sulfide) groups is 1. The molecule has 1 saturated heterocycles. The largest absolute Gasteiger partial charge is 0.477 e. The van der Waals surface area contributed by atoms with Crippen molar-refractivity contribution in [2.75, 3.05) is 6.61 Å². The van der Waals surface area contributed by atoms with Gasteiger partial charge in [-0.1, -0.05) is 6.07 Å². The first-order chi connectivity index (χ1) is 8.16. The van der Waals surface area contributed by atoms with Crippen molar-refractivity contribution >= 4 is 17.7 Å². The summed E-state index contributed by atoms with van der Waals surface area (Å²) in [6.07, 6.45) is 1.34. The Morgan fingerprint density at radius 1 is 1.65 bits per heavy atom. The van der Waals surface area contributed by atoms with Crippen molar-refractivity contribution in [2.45, 2.75) is 30.5 Å². The van der Waals surface area contributed by atoms with Gasteiger partial charge in [0.05, 0.1) is 11.8 Å². The number of aromatic carboxylic acids is 1. The minimum atomic E-state index is -0.977. The van der Waals surface area contributed by atoms with Crippen LogP contribution in [-0.2, 0) is 10.5 Å². The van der Waals surface area contributed by atoms with Gasteiger partial charge in [0.25, 0.3) is 0 Å². The lowest BCUT2D eigenvalue weighted by Crippen LogP contribution is -2.13. The smallest absolute Gasteiger partial charge is 0.354 e. The third-order valence-electron chi connectivity index (χ3n) is 2.78. The fourth-order valence-electron chi connectivity index (χ4n) is 1.80. The van der Waals surface area contributed by atoms with Crippen LogP contribution < -0.4 is 0 Å². The Bertz CT molecular complexity index is 410. The summed E-state index contributed by atoms with van der Waals surface area (Å²) < 4.78 is 5.48. The number of hydrogen-bond acceptors (Lipinski definition) is 4. The van der Waals surface area contributed by atoms with Gasteiger partial charge in [-0.15, -0.1) is 11.8 Å². The minimum Gasteiger partial charge on any atom is -0.477 e. The molecule has 2 heterocycles. The minimum absolute atomic E-state index is 0.110. The molecule has 0 amide bonds. The first-order valence-electron chi connectivity index (χ1n) is 5.59. The number of nitrogens with zero attached hydrogens (tertiary/aromatic N) is 1. The Morgan fingerprint density at radius 3 is 3.12 bits per heavy atom. The second-order valence-electron chi connectivity index (χ2n) is 4.03. The summed E-state index contributed by atoms with van der Waals surface area (Å²) in [5.41, 5.74) is 0.924. The van der Waals surface area contributed by atoms with Gasteiger partial charge in [0.1, 0.15) is 5.69 Å². The van der Waals surface area contributed by atoms with Crippen LogP contribution in [-0.4, -0.2) is 34.0 Å². The van der Waals surface area contributed by atoms with Crippen molar-refractivity contribution in [3.05, 3.63) is 29.6 Å². The molecule has 5 heteroatoms. The molecule has 17 heavy (non-hydrogen) atoms. The molecule has 1 aliphatic heterocycles. The third-order valence-corrected chi connectivity index (χ3v) is 4.29. The Hall–Kier alpha value is -1.07. The van der Waals surface area contributed by atoms with Crippen LogP contribution in [0.5, 0.6) is 0 Å². The lowest BCUT2D eigenvalue weighted by Gasteiger charge is -2.12. The summed E-state index contributed by atoms with van der Waals surface area (Å²) in [7, 11) is 0. The molecular weight excluding hydrogens is 238 g/mol. The predicted molar refractivity (Wildman–Crippen MR) is 66.3 cm³/mol. The SMILES string of the molecule is CC1OCCC1SCc1cccc(C(=O)O)n1. The molecule has 0 spiro atoms. The number of pyridine rings is 1. The highest BCUT2D eigenvalue weighted by atomic mass is 32.2. The summed E-state index contributed by atoms with van der Waals surface area (Å²) in [6.45, 7) is 2.90. The quantitative estimate of drug-likeness (QED) is 0.891. The molecule has 1 aliphatic rings. The van der Waals surface area contributed by atoms with Gasteiger partial charge < -0.3 is 9.84 Å². The van der Waals surface area contributed by atoms with Crippen molar-refractivity contribution in [3.8, 4) is 0 Å². The van der Waals surface area contributed by atoms with Gasteiger partial charge in [-0.2, -0.15) is 0 Å². The van der Waals surface area contributed by atoms with E-state index in [1.54, 1.807) is 17.8 Å². The van der Waals surface area contributed by atoms with E-state index in [9.17, 15) is 4.79 Å². The number of rotatable bonds is 4. The van der Waals surface area contributed by atoms with Crippen LogP contribution in [0.3, 0.4) is 0 Å². The van der Waals surface area contributed by atoms with E-state index >= 15 is 0 Å². The molecule has 0 aromatic carbocycles. The van der Waals surface area contributed by atoms with E-state index in [2.05, 4.69) is 11.9 Å². The Kier molecular flexibility index (Phi) is 4.02. The van der Waals surface area contributed by atoms with Gasteiger partial charge in [0, 0.05) is 17.6 Å². The molecule has 4 nitrogen and oxygen atoms in total. The van der Waals surface area contributed by atoms with Gasteiger partial charge in [0.15, 0.2) is 0 Å². The van der Waals surface area contributed by atoms with Crippen LogP contribution in [0.2, 0.25) is 0 Å². The zero-order valence-corrected chi connectivity index (χ0v) is 10.4.